The van der Waals surface area contributed by atoms with Gasteiger partial charge in [0.2, 0.25) is 0 Å². The topological polar surface area (TPSA) is 63.2 Å². The molecule has 5 heteroatoms. The van der Waals surface area contributed by atoms with Crippen LogP contribution in [0.4, 0.5) is 11.4 Å². The Labute approximate surface area is 155 Å². The summed E-state index contributed by atoms with van der Waals surface area (Å²) in [6.07, 6.45) is 10.9. The first-order valence-corrected chi connectivity index (χ1v) is 9.51. The van der Waals surface area contributed by atoms with Crippen molar-refractivity contribution in [2.45, 2.75) is 51.5 Å². The van der Waals surface area contributed by atoms with Gasteiger partial charge in [-0.25, -0.2) is 0 Å². The Hall–Kier alpha value is -2.56. The maximum absolute atomic E-state index is 12.6. The molecule has 1 aromatic heterocycles. The maximum atomic E-state index is 12.6. The quantitative estimate of drug-likeness (QED) is 0.728. The first-order valence-electron chi connectivity index (χ1n) is 9.51. The van der Waals surface area contributed by atoms with Crippen molar-refractivity contribution < 1.29 is 9.53 Å². The number of aromatic nitrogens is 1. The molecule has 1 amide bonds. The van der Waals surface area contributed by atoms with Gasteiger partial charge in [0.1, 0.15) is 5.75 Å². The Morgan fingerprint density at radius 1 is 1.15 bits per heavy atom. The molecule has 1 aromatic carbocycles. The number of hydrogen-bond acceptors (Lipinski definition) is 4. The lowest BCUT2D eigenvalue weighted by molar-refractivity contribution is 0.102. The highest BCUT2D eigenvalue weighted by molar-refractivity contribution is 6.05. The van der Waals surface area contributed by atoms with Crippen LogP contribution in [-0.4, -0.2) is 23.5 Å². The predicted octanol–water partition coefficient (Wildman–Crippen LogP) is 4.87. The van der Waals surface area contributed by atoms with Crippen LogP contribution in [0.5, 0.6) is 5.75 Å². The van der Waals surface area contributed by atoms with Crippen molar-refractivity contribution in [2.75, 3.05) is 17.2 Å². The normalized spacial score (nSPS) is 15.1. The van der Waals surface area contributed by atoms with Gasteiger partial charge < -0.3 is 15.4 Å². The summed E-state index contributed by atoms with van der Waals surface area (Å²) in [5.74, 6) is 0.484. The molecule has 0 bridgehead atoms. The van der Waals surface area contributed by atoms with Crippen molar-refractivity contribution in [1.29, 1.82) is 0 Å². The molecule has 0 spiro atoms. The molecule has 26 heavy (non-hydrogen) atoms. The Morgan fingerprint density at radius 3 is 2.69 bits per heavy atom. The molecule has 0 aliphatic heterocycles. The van der Waals surface area contributed by atoms with E-state index in [1.54, 1.807) is 12.4 Å². The SMILES string of the molecule is CCOc1ccccc1NC(=O)c1cncc(NC2CCCCCC2)c1. The molecule has 1 heterocycles. The third-order valence-electron chi connectivity index (χ3n) is 4.66. The zero-order chi connectivity index (χ0) is 18.2. The summed E-state index contributed by atoms with van der Waals surface area (Å²) in [7, 11) is 0. The highest BCUT2D eigenvalue weighted by Gasteiger charge is 2.14. The Morgan fingerprint density at radius 2 is 1.92 bits per heavy atom. The monoisotopic (exact) mass is 353 g/mol. The fraction of sp³-hybridized carbons (Fsp3) is 0.429. The minimum absolute atomic E-state index is 0.186. The lowest BCUT2D eigenvalue weighted by atomic mass is 10.1. The average molecular weight is 353 g/mol. The fourth-order valence-electron chi connectivity index (χ4n) is 3.35. The molecule has 5 nitrogen and oxygen atoms in total. The van der Waals surface area contributed by atoms with E-state index in [0.29, 0.717) is 29.6 Å². The summed E-state index contributed by atoms with van der Waals surface area (Å²) >= 11 is 0. The minimum Gasteiger partial charge on any atom is -0.492 e. The molecule has 0 unspecified atom stereocenters. The molecule has 2 aromatic rings. The second kappa shape index (κ2) is 9.22. The van der Waals surface area contributed by atoms with Gasteiger partial charge >= 0.3 is 0 Å². The predicted molar refractivity (Wildman–Crippen MR) is 105 cm³/mol. The first kappa shape index (κ1) is 18.2. The first-order chi connectivity index (χ1) is 12.8. The van der Waals surface area contributed by atoms with Crippen LogP contribution in [0.1, 0.15) is 55.8 Å². The standard InChI is InChI=1S/C21H27N3O2/c1-2-26-20-12-8-7-11-19(20)24-21(25)16-13-18(15-22-14-16)23-17-9-5-3-4-6-10-17/h7-8,11-15,17,23H,2-6,9-10H2,1H3,(H,24,25). The van der Waals surface area contributed by atoms with E-state index in [9.17, 15) is 4.79 Å². The number of nitrogens with one attached hydrogen (secondary N) is 2. The average Bonchev–Trinajstić information content (AvgIpc) is 2.92. The number of anilines is 2. The second-order valence-corrected chi connectivity index (χ2v) is 6.68. The Bertz CT molecular complexity index is 725. The zero-order valence-corrected chi connectivity index (χ0v) is 15.3. The van der Waals surface area contributed by atoms with Gasteiger partial charge in [0.25, 0.3) is 5.91 Å². The van der Waals surface area contributed by atoms with Gasteiger partial charge in [0, 0.05) is 18.4 Å². The van der Waals surface area contributed by atoms with Gasteiger partial charge in [0.05, 0.1) is 23.5 Å². The lowest BCUT2D eigenvalue weighted by Crippen LogP contribution is -2.19. The van der Waals surface area contributed by atoms with E-state index >= 15 is 0 Å². The molecule has 1 aliphatic rings. The highest BCUT2D eigenvalue weighted by atomic mass is 16.5. The number of carbonyl (C=O) groups is 1. The van der Waals surface area contributed by atoms with Crippen molar-refractivity contribution in [1.82, 2.24) is 4.98 Å². The van der Waals surface area contributed by atoms with E-state index in [2.05, 4.69) is 15.6 Å². The van der Waals surface area contributed by atoms with Crippen LogP contribution in [0.2, 0.25) is 0 Å². The van der Waals surface area contributed by atoms with Gasteiger partial charge in [-0.2, -0.15) is 0 Å². The number of benzene rings is 1. The second-order valence-electron chi connectivity index (χ2n) is 6.68. The molecule has 3 rings (SSSR count). The summed E-state index contributed by atoms with van der Waals surface area (Å²) in [4.78, 5) is 16.9. The van der Waals surface area contributed by atoms with E-state index in [0.717, 1.165) is 5.69 Å². The lowest BCUT2D eigenvalue weighted by Gasteiger charge is -2.18. The highest BCUT2D eigenvalue weighted by Crippen LogP contribution is 2.25. The van der Waals surface area contributed by atoms with Gasteiger partial charge in [-0.1, -0.05) is 37.8 Å². The third kappa shape index (κ3) is 4.97. The molecule has 1 aliphatic carbocycles. The van der Waals surface area contributed by atoms with E-state index in [-0.39, 0.29) is 5.91 Å². The maximum Gasteiger partial charge on any atom is 0.257 e. The van der Waals surface area contributed by atoms with Gasteiger partial charge in [-0.3, -0.25) is 9.78 Å². The van der Waals surface area contributed by atoms with Crippen LogP contribution in [0.15, 0.2) is 42.7 Å². The number of carbonyl (C=O) groups excluding carboxylic acids is 1. The zero-order valence-electron chi connectivity index (χ0n) is 15.3. The van der Waals surface area contributed by atoms with E-state index < -0.39 is 0 Å². The molecular formula is C21H27N3O2. The number of rotatable bonds is 6. The number of ether oxygens (including phenoxy) is 1. The largest absolute Gasteiger partial charge is 0.492 e. The van der Waals surface area contributed by atoms with E-state index in [1.165, 1.54) is 38.5 Å². The van der Waals surface area contributed by atoms with Crippen LogP contribution >= 0.6 is 0 Å². The van der Waals surface area contributed by atoms with Crippen LogP contribution in [0.25, 0.3) is 0 Å². The van der Waals surface area contributed by atoms with E-state index in [4.69, 9.17) is 4.74 Å². The molecule has 1 saturated carbocycles. The van der Waals surface area contributed by atoms with Crippen molar-refractivity contribution in [3.63, 3.8) is 0 Å². The smallest absolute Gasteiger partial charge is 0.257 e. The molecule has 0 radical (unpaired) electrons. The van der Waals surface area contributed by atoms with Crippen LogP contribution in [-0.2, 0) is 0 Å². The Balaban J connectivity index is 1.68. The van der Waals surface area contributed by atoms with Crippen LogP contribution < -0.4 is 15.4 Å². The van der Waals surface area contributed by atoms with Crippen molar-refractivity contribution in [3.05, 3.63) is 48.3 Å². The molecule has 0 atom stereocenters. The molecular weight excluding hydrogens is 326 g/mol. The number of pyridine rings is 1. The van der Waals surface area contributed by atoms with Crippen LogP contribution in [0, 0.1) is 0 Å². The summed E-state index contributed by atoms with van der Waals surface area (Å²) in [5.41, 5.74) is 2.11. The summed E-state index contributed by atoms with van der Waals surface area (Å²) < 4.78 is 5.57. The number of hydrogen-bond donors (Lipinski definition) is 2. The van der Waals surface area contributed by atoms with Gasteiger partial charge in [-0.05, 0) is 38.0 Å². The Kier molecular flexibility index (Phi) is 6.47. The number of amides is 1. The van der Waals surface area contributed by atoms with Gasteiger partial charge in [-0.15, -0.1) is 0 Å². The van der Waals surface area contributed by atoms with E-state index in [1.807, 2.05) is 37.3 Å². The summed E-state index contributed by atoms with van der Waals surface area (Å²) in [5, 5.41) is 6.47. The molecule has 2 N–H and O–H groups in total. The van der Waals surface area contributed by atoms with Crippen molar-refractivity contribution in [3.8, 4) is 5.75 Å². The number of nitrogens with zero attached hydrogens (tertiary/aromatic N) is 1. The summed E-state index contributed by atoms with van der Waals surface area (Å²) in [6, 6.07) is 9.79. The number of para-hydroxylation sites is 2. The van der Waals surface area contributed by atoms with Crippen molar-refractivity contribution in [2.24, 2.45) is 0 Å². The van der Waals surface area contributed by atoms with Crippen molar-refractivity contribution >= 4 is 17.3 Å². The minimum atomic E-state index is -0.186. The molecule has 138 valence electrons. The van der Waals surface area contributed by atoms with Gasteiger partial charge in [0.15, 0.2) is 0 Å². The van der Waals surface area contributed by atoms with Crippen LogP contribution in [0.3, 0.4) is 0 Å². The summed E-state index contributed by atoms with van der Waals surface area (Å²) in [6.45, 7) is 2.47. The third-order valence-corrected chi connectivity index (χ3v) is 4.66. The fourth-order valence-corrected chi connectivity index (χ4v) is 3.35. The molecule has 0 saturated heterocycles. The molecule has 1 fully saturated rings.